The molecule has 0 saturated heterocycles. The van der Waals surface area contributed by atoms with E-state index in [9.17, 15) is 4.79 Å². The van der Waals surface area contributed by atoms with Crippen molar-refractivity contribution in [2.45, 2.75) is 13.0 Å². The van der Waals surface area contributed by atoms with Gasteiger partial charge in [-0.15, -0.1) is 0 Å². The van der Waals surface area contributed by atoms with Crippen LogP contribution >= 0.6 is 11.6 Å². The first-order chi connectivity index (χ1) is 10.1. The Morgan fingerprint density at radius 3 is 2.43 bits per heavy atom. The van der Waals surface area contributed by atoms with E-state index in [-0.39, 0.29) is 11.9 Å². The predicted molar refractivity (Wildman–Crippen MR) is 86.7 cm³/mol. The zero-order valence-electron chi connectivity index (χ0n) is 12.3. The van der Waals surface area contributed by atoms with Crippen LogP contribution < -0.4 is 10.2 Å². The van der Waals surface area contributed by atoms with Crippen molar-refractivity contribution in [1.82, 2.24) is 0 Å². The average molecular weight is 304 g/mol. The van der Waals surface area contributed by atoms with Crippen LogP contribution in [0.15, 0.2) is 54.6 Å². The fourth-order valence-corrected chi connectivity index (χ4v) is 2.37. The molecular formula is C17H20ClN2O+. The van der Waals surface area contributed by atoms with Crippen molar-refractivity contribution in [3.63, 3.8) is 0 Å². The van der Waals surface area contributed by atoms with Gasteiger partial charge in [-0.3, -0.25) is 4.79 Å². The van der Waals surface area contributed by atoms with Crippen LogP contribution in [0, 0.1) is 0 Å². The van der Waals surface area contributed by atoms with Gasteiger partial charge >= 0.3 is 0 Å². The SMILES string of the molecule is C[C@H](c1ccccc1)[NH+](C)CC(=O)Nc1ccccc1Cl. The fourth-order valence-electron chi connectivity index (χ4n) is 2.19. The first-order valence-corrected chi connectivity index (χ1v) is 7.37. The molecule has 0 aliphatic rings. The lowest BCUT2D eigenvalue weighted by Crippen LogP contribution is -3.10. The highest BCUT2D eigenvalue weighted by atomic mass is 35.5. The van der Waals surface area contributed by atoms with Gasteiger partial charge in [0.1, 0.15) is 6.04 Å². The molecule has 4 heteroatoms. The highest BCUT2D eigenvalue weighted by Crippen LogP contribution is 2.19. The summed E-state index contributed by atoms with van der Waals surface area (Å²) in [5.74, 6) is -0.0385. The first kappa shape index (κ1) is 15.5. The molecule has 2 atom stereocenters. The summed E-state index contributed by atoms with van der Waals surface area (Å²) >= 11 is 6.04. The monoisotopic (exact) mass is 303 g/mol. The van der Waals surface area contributed by atoms with Gasteiger partial charge in [-0.1, -0.05) is 54.1 Å². The second kappa shape index (κ2) is 7.25. The largest absolute Gasteiger partial charge is 0.324 e. The van der Waals surface area contributed by atoms with Gasteiger partial charge in [-0.25, -0.2) is 0 Å². The molecule has 1 amide bonds. The molecule has 2 N–H and O–H groups in total. The van der Waals surface area contributed by atoms with Crippen molar-refractivity contribution >= 4 is 23.2 Å². The number of benzene rings is 2. The van der Waals surface area contributed by atoms with E-state index in [1.54, 1.807) is 12.1 Å². The molecule has 110 valence electrons. The van der Waals surface area contributed by atoms with E-state index in [4.69, 9.17) is 11.6 Å². The van der Waals surface area contributed by atoms with Gasteiger partial charge in [0.25, 0.3) is 5.91 Å². The predicted octanol–water partition coefficient (Wildman–Crippen LogP) is 2.55. The van der Waals surface area contributed by atoms with Crippen LogP contribution in [0.4, 0.5) is 5.69 Å². The Balaban J connectivity index is 1.95. The number of carbonyl (C=O) groups is 1. The molecule has 3 nitrogen and oxygen atoms in total. The maximum Gasteiger partial charge on any atom is 0.279 e. The molecule has 21 heavy (non-hydrogen) atoms. The number of hydrogen-bond acceptors (Lipinski definition) is 1. The number of nitrogens with one attached hydrogen (secondary N) is 2. The topological polar surface area (TPSA) is 33.5 Å². The summed E-state index contributed by atoms with van der Waals surface area (Å²) in [4.78, 5) is 13.3. The van der Waals surface area contributed by atoms with Crippen LogP contribution in [0.5, 0.6) is 0 Å². The number of amides is 1. The maximum atomic E-state index is 12.1. The smallest absolute Gasteiger partial charge is 0.279 e. The van der Waals surface area contributed by atoms with Crippen molar-refractivity contribution in [1.29, 1.82) is 0 Å². The number of anilines is 1. The van der Waals surface area contributed by atoms with Crippen LogP contribution in [0.3, 0.4) is 0 Å². The Morgan fingerprint density at radius 1 is 1.14 bits per heavy atom. The summed E-state index contributed by atoms with van der Waals surface area (Å²) in [6.07, 6.45) is 0. The Hall–Kier alpha value is -1.84. The number of likely N-dealkylation sites (N-methyl/N-ethyl adjacent to an activating group) is 1. The van der Waals surface area contributed by atoms with Crippen molar-refractivity contribution in [3.8, 4) is 0 Å². The second-order valence-corrected chi connectivity index (χ2v) is 5.59. The zero-order valence-corrected chi connectivity index (χ0v) is 13.0. The number of carbonyl (C=O) groups excluding carboxylic acids is 1. The van der Waals surface area contributed by atoms with Gasteiger partial charge in [0.05, 0.1) is 17.8 Å². The minimum atomic E-state index is -0.0385. The number of halogens is 1. The average Bonchev–Trinajstić information content (AvgIpc) is 2.49. The summed E-state index contributed by atoms with van der Waals surface area (Å²) in [5.41, 5.74) is 1.88. The van der Waals surface area contributed by atoms with Crippen molar-refractivity contribution in [2.75, 3.05) is 18.9 Å². The summed E-state index contributed by atoms with van der Waals surface area (Å²) in [7, 11) is 2.02. The van der Waals surface area contributed by atoms with Crippen LogP contribution in [0.2, 0.25) is 5.02 Å². The van der Waals surface area contributed by atoms with E-state index in [0.717, 1.165) is 4.90 Å². The molecule has 0 aliphatic carbocycles. The highest BCUT2D eigenvalue weighted by molar-refractivity contribution is 6.33. The highest BCUT2D eigenvalue weighted by Gasteiger charge is 2.18. The standard InChI is InChI=1S/C17H19ClN2O/c1-13(14-8-4-3-5-9-14)20(2)12-17(21)19-16-11-7-6-10-15(16)18/h3-11,13H,12H2,1-2H3,(H,19,21)/p+1/t13-/m1/s1. The van der Waals surface area contributed by atoms with Crippen LogP contribution in [0.1, 0.15) is 18.5 Å². The van der Waals surface area contributed by atoms with Gasteiger partial charge in [-0.2, -0.15) is 0 Å². The molecule has 0 bridgehead atoms. The Labute approximate surface area is 130 Å². The molecule has 2 rings (SSSR count). The van der Waals surface area contributed by atoms with Gasteiger partial charge in [0.2, 0.25) is 0 Å². The molecular weight excluding hydrogens is 284 g/mol. The summed E-state index contributed by atoms with van der Waals surface area (Å²) in [5, 5.41) is 3.41. The minimum absolute atomic E-state index is 0.0385. The lowest BCUT2D eigenvalue weighted by molar-refractivity contribution is -0.902. The zero-order chi connectivity index (χ0) is 15.2. The van der Waals surface area contributed by atoms with Crippen molar-refractivity contribution in [2.24, 2.45) is 0 Å². The lowest BCUT2D eigenvalue weighted by atomic mass is 10.1. The summed E-state index contributed by atoms with van der Waals surface area (Å²) in [6.45, 7) is 2.51. The maximum absolute atomic E-state index is 12.1. The van der Waals surface area contributed by atoms with Gasteiger partial charge in [-0.05, 0) is 19.1 Å². The molecule has 0 heterocycles. The van der Waals surface area contributed by atoms with Crippen LogP contribution in [0.25, 0.3) is 0 Å². The Bertz CT molecular complexity index is 601. The summed E-state index contributed by atoms with van der Waals surface area (Å²) in [6, 6.07) is 17.7. The Morgan fingerprint density at radius 2 is 1.76 bits per heavy atom. The molecule has 0 aliphatic heterocycles. The fraction of sp³-hybridized carbons (Fsp3) is 0.235. The van der Waals surface area contributed by atoms with E-state index in [2.05, 4.69) is 24.4 Å². The second-order valence-electron chi connectivity index (χ2n) is 5.18. The van der Waals surface area contributed by atoms with E-state index in [1.807, 2.05) is 37.4 Å². The minimum Gasteiger partial charge on any atom is -0.324 e. The molecule has 2 aromatic carbocycles. The lowest BCUT2D eigenvalue weighted by Gasteiger charge is -2.21. The van der Waals surface area contributed by atoms with E-state index >= 15 is 0 Å². The molecule has 1 unspecified atom stereocenters. The third-order valence-electron chi connectivity index (χ3n) is 3.63. The first-order valence-electron chi connectivity index (χ1n) is 6.99. The third-order valence-corrected chi connectivity index (χ3v) is 3.96. The van der Waals surface area contributed by atoms with Gasteiger partial charge in [0.15, 0.2) is 6.54 Å². The van der Waals surface area contributed by atoms with Crippen LogP contribution in [-0.2, 0) is 4.79 Å². The molecule has 0 radical (unpaired) electrons. The normalized spacial score (nSPS) is 13.5. The molecule has 0 fully saturated rings. The third kappa shape index (κ3) is 4.31. The quantitative estimate of drug-likeness (QED) is 0.874. The number of para-hydroxylation sites is 1. The van der Waals surface area contributed by atoms with Crippen molar-refractivity contribution < 1.29 is 9.69 Å². The van der Waals surface area contributed by atoms with E-state index in [0.29, 0.717) is 17.3 Å². The molecule has 0 saturated carbocycles. The Kier molecular flexibility index (Phi) is 5.37. The van der Waals surface area contributed by atoms with Gasteiger partial charge < -0.3 is 10.2 Å². The number of hydrogen-bond donors (Lipinski definition) is 2. The number of rotatable bonds is 5. The molecule has 0 spiro atoms. The summed E-state index contributed by atoms with van der Waals surface area (Å²) < 4.78 is 0. The molecule has 0 aromatic heterocycles. The van der Waals surface area contributed by atoms with Gasteiger partial charge in [0, 0.05) is 5.56 Å². The molecule has 2 aromatic rings. The number of quaternary nitrogens is 1. The van der Waals surface area contributed by atoms with Crippen LogP contribution in [-0.4, -0.2) is 19.5 Å². The van der Waals surface area contributed by atoms with E-state index < -0.39 is 0 Å². The van der Waals surface area contributed by atoms with Crippen molar-refractivity contribution in [3.05, 3.63) is 65.2 Å². The van der Waals surface area contributed by atoms with E-state index in [1.165, 1.54) is 5.56 Å².